The molecule has 0 atom stereocenters. The van der Waals surface area contributed by atoms with Gasteiger partial charge in [-0.1, -0.05) is 37.8 Å². The van der Waals surface area contributed by atoms with Crippen LogP contribution >= 0.6 is 11.8 Å². The molecule has 0 spiro atoms. The molecule has 1 aliphatic heterocycles. The average Bonchev–Trinajstić information content (AvgIpc) is 3.42. The molecule has 1 aliphatic rings. The lowest BCUT2D eigenvalue weighted by molar-refractivity contribution is 0.327. The van der Waals surface area contributed by atoms with Gasteiger partial charge in [-0.2, -0.15) is 0 Å². The highest BCUT2D eigenvalue weighted by Crippen LogP contribution is 2.36. The molecule has 1 saturated heterocycles. The second-order valence-corrected chi connectivity index (χ2v) is 10.1. The molecule has 2 aromatic carbocycles. The van der Waals surface area contributed by atoms with Crippen molar-refractivity contribution in [1.82, 2.24) is 9.47 Å². The van der Waals surface area contributed by atoms with Crippen molar-refractivity contribution in [3.05, 3.63) is 48.0 Å². The van der Waals surface area contributed by atoms with Crippen LogP contribution in [0.2, 0.25) is 0 Å². The first-order chi connectivity index (χ1) is 15.7. The minimum atomic E-state index is 0.343. The number of rotatable bonds is 11. The number of phenolic OH excluding ortho intramolecular Hbond substituents is 1. The normalized spacial score (nSPS) is 14.6. The standard InChI is InChI=1S/C28H38N2OS/c1-22-26-21-24(31)13-16-27(26)30(28(22)23-11-14-25(32-2)15-12-23)20-8-6-4-3-5-7-17-29-18-9-10-19-29/h11-16,21,31H,3-10,17-20H2,1-2H3. The van der Waals surface area contributed by atoms with E-state index < -0.39 is 0 Å². The van der Waals surface area contributed by atoms with Crippen molar-refractivity contribution in [2.45, 2.75) is 69.7 Å². The minimum Gasteiger partial charge on any atom is -0.508 e. The molecule has 0 saturated carbocycles. The zero-order valence-corrected chi connectivity index (χ0v) is 20.6. The maximum atomic E-state index is 10.1. The van der Waals surface area contributed by atoms with Gasteiger partial charge in [0.25, 0.3) is 0 Å². The zero-order valence-electron chi connectivity index (χ0n) is 19.8. The minimum absolute atomic E-state index is 0.343. The molecule has 1 N–H and O–H groups in total. The SMILES string of the molecule is CSc1ccc(-c2c(C)c3cc(O)ccc3n2CCCCCCCCN2CCCC2)cc1. The molecule has 0 bridgehead atoms. The van der Waals surface area contributed by atoms with Crippen LogP contribution in [0.1, 0.15) is 56.9 Å². The summed E-state index contributed by atoms with van der Waals surface area (Å²) in [6, 6.07) is 14.7. The summed E-state index contributed by atoms with van der Waals surface area (Å²) in [4.78, 5) is 3.92. The maximum absolute atomic E-state index is 10.1. The van der Waals surface area contributed by atoms with Gasteiger partial charge in [0.1, 0.15) is 5.75 Å². The van der Waals surface area contributed by atoms with Crippen molar-refractivity contribution in [2.24, 2.45) is 0 Å². The van der Waals surface area contributed by atoms with E-state index in [9.17, 15) is 5.11 Å². The lowest BCUT2D eigenvalue weighted by atomic mass is 10.1. The number of nitrogens with zero attached hydrogens (tertiary/aromatic N) is 2. The summed E-state index contributed by atoms with van der Waals surface area (Å²) < 4.78 is 2.48. The summed E-state index contributed by atoms with van der Waals surface area (Å²) in [6.07, 6.45) is 12.8. The van der Waals surface area contributed by atoms with Crippen molar-refractivity contribution in [1.29, 1.82) is 0 Å². The number of hydrogen-bond acceptors (Lipinski definition) is 3. The summed E-state index contributed by atoms with van der Waals surface area (Å²) in [5.74, 6) is 0.343. The molecular weight excluding hydrogens is 412 g/mol. The van der Waals surface area contributed by atoms with E-state index in [-0.39, 0.29) is 0 Å². The van der Waals surface area contributed by atoms with Gasteiger partial charge in [0.05, 0.1) is 5.69 Å². The van der Waals surface area contributed by atoms with Gasteiger partial charge in [0.15, 0.2) is 0 Å². The molecule has 1 aromatic heterocycles. The molecule has 172 valence electrons. The Morgan fingerprint density at radius 1 is 0.844 bits per heavy atom. The predicted molar refractivity (Wildman–Crippen MR) is 139 cm³/mol. The molecule has 32 heavy (non-hydrogen) atoms. The van der Waals surface area contributed by atoms with E-state index in [4.69, 9.17) is 0 Å². The smallest absolute Gasteiger partial charge is 0.116 e. The second-order valence-electron chi connectivity index (χ2n) is 9.23. The number of phenols is 1. The van der Waals surface area contributed by atoms with Gasteiger partial charge in [-0.15, -0.1) is 11.8 Å². The Morgan fingerprint density at radius 3 is 2.19 bits per heavy atom. The largest absolute Gasteiger partial charge is 0.508 e. The van der Waals surface area contributed by atoms with Crippen LogP contribution in [0, 0.1) is 6.92 Å². The molecule has 0 radical (unpaired) electrons. The summed E-state index contributed by atoms with van der Waals surface area (Å²) in [5.41, 5.74) is 5.05. The van der Waals surface area contributed by atoms with Crippen molar-refractivity contribution >= 4 is 22.7 Å². The summed E-state index contributed by atoms with van der Waals surface area (Å²) in [6.45, 7) is 7.17. The number of benzene rings is 2. The first-order valence-corrected chi connectivity index (χ1v) is 13.6. The van der Waals surface area contributed by atoms with Gasteiger partial charge in [-0.3, -0.25) is 0 Å². The Kier molecular flexibility index (Phi) is 8.20. The average molecular weight is 451 g/mol. The van der Waals surface area contributed by atoms with Gasteiger partial charge < -0.3 is 14.6 Å². The monoisotopic (exact) mass is 450 g/mol. The lowest BCUT2D eigenvalue weighted by Crippen LogP contribution is -2.20. The van der Waals surface area contributed by atoms with Gasteiger partial charge in [0, 0.05) is 22.3 Å². The first kappa shape index (κ1) is 23.3. The van der Waals surface area contributed by atoms with Crippen LogP contribution in [0.5, 0.6) is 5.75 Å². The highest BCUT2D eigenvalue weighted by atomic mass is 32.2. The Morgan fingerprint density at radius 2 is 1.50 bits per heavy atom. The third-order valence-electron chi connectivity index (χ3n) is 6.97. The lowest BCUT2D eigenvalue weighted by Gasteiger charge is -2.14. The molecule has 3 aromatic rings. The van der Waals surface area contributed by atoms with E-state index in [0.717, 1.165) is 11.9 Å². The van der Waals surface area contributed by atoms with Crippen LogP contribution in [0.3, 0.4) is 0 Å². The van der Waals surface area contributed by atoms with Crippen LogP contribution in [0.15, 0.2) is 47.4 Å². The Labute approximate surface area is 197 Å². The molecule has 3 nitrogen and oxygen atoms in total. The number of unbranched alkanes of at least 4 members (excludes halogenated alkanes) is 5. The second kappa shape index (κ2) is 11.3. The van der Waals surface area contributed by atoms with Gasteiger partial charge in [-0.05, 0) is 100.0 Å². The number of fused-ring (bicyclic) bond motifs is 1. The van der Waals surface area contributed by atoms with Crippen molar-refractivity contribution < 1.29 is 5.11 Å². The molecule has 0 aliphatic carbocycles. The van der Waals surface area contributed by atoms with Crippen molar-refractivity contribution in [3.63, 3.8) is 0 Å². The van der Waals surface area contributed by atoms with Crippen molar-refractivity contribution in [3.8, 4) is 17.0 Å². The molecule has 1 fully saturated rings. The van der Waals surface area contributed by atoms with E-state index in [1.165, 1.54) is 98.2 Å². The van der Waals surface area contributed by atoms with E-state index in [1.807, 2.05) is 12.1 Å². The van der Waals surface area contributed by atoms with Crippen LogP contribution in [-0.2, 0) is 6.54 Å². The predicted octanol–water partition coefficient (Wildman–Crippen LogP) is 7.48. The number of aryl methyl sites for hydroxylation is 2. The third kappa shape index (κ3) is 5.52. The Balaban J connectivity index is 1.38. The number of aromatic nitrogens is 1. The fourth-order valence-corrected chi connectivity index (χ4v) is 5.59. The molecule has 0 unspecified atom stereocenters. The molecule has 2 heterocycles. The molecular formula is C28H38N2OS. The van der Waals surface area contributed by atoms with E-state index in [2.05, 4.69) is 53.0 Å². The number of likely N-dealkylation sites (tertiary alicyclic amines) is 1. The van der Waals surface area contributed by atoms with Gasteiger partial charge >= 0.3 is 0 Å². The van der Waals surface area contributed by atoms with Gasteiger partial charge in [0.2, 0.25) is 0 Å². The molecule has 4 rings (SSSR count). The zero-order chi connectivity index (χ0) is 22.3. The number of hydrogen-bond donors (Lipinski definition) is 1. The Bertz CT molecular complexity index is 1000. The van der Waals surface area contributed by atoms with Crippen molar-refractivity contribution in [2.75, 3.05) is 25.9 Å². The molecule has 0 amide bonds. The third-order valence-corrected chi connectivity index (χ3v) is 7.71. The van der Waals surface area contributed by atoms with Crippen LogP contribution < -0.4 is 0 Å². The van der Waals surface area contributed by atoms with Crippen LogP contribution in [0.4, 0.5) is 0 Å². The highest BCUT2D eigenvalue weighted by molar-refractivity contribution is 7.98. The first-order valence-electron chi connectivity index (χ1n) is 12.4. The fraction of sp³-hybridized carbons (Fsp3) is 0.500. The van der Waals surface area contributed by atoms with Crippen LogP contribution in [0.25, 0.3) is 22.2 Å². The highest BCUT2D eigenvalue weighted by Gasteiger charge is 2.16. The topological polar surface area (TPSA) is 28.4 Å². The van der Waals surface area contributed by atoms with Gasteiger partial charge in [-0.25, -0.2) is 0 Å². The van der Waals surface area contributed by atoms with E-state index in [0.29, 0.717) is 5.75 Å². The van der Waals surface area contributed by atoms with E-state index in [1.54, 1.807) is 11.8 Å². The quantitative estimate of drug-likeness (QED) is 0.242. The number of thioether (sulfide) groups is 1. The molecule has 4 heteroatoms. The van der Waals surface area contributed by atoms with E-state index >= 15 is 0 Å². The number of aromatic hydroxyl groups is 1. The summed E-state index contributed by atoms with van der Waals surface area (Å²) >= 11 is 1.78. The summed E-state index contributed by atoms with van der Waals surface area (Å²) in [5, 5.41) is 11.2. The van der Waals surface area contributed by atoms with Crippen LogP contribution in [-0.4, -0.2) is 40.5 Å². The summed E-state index contributed by atoms with van der Waals surface area (Å²) in [7, 11) is 0. The maximum Gasteiger partial charge on any atom is 0.116 e. The Hall–Kier alpha value is -1.91. The fourth-order valence-electron chi connectivity index (χ4n) is 5.18.